The van der Waals surface area contributed by atoms with Gasteiger partial charge < -0.3 is 5.11 Å². The zero-order chi connectivity index (χ0) is 13.5. The van der Waals surface area contributed by atoms with Gasteiger partial charge in [0.15, 0.2) is 0 Å². The van der Waals surface area contributed by atoms with E-state index < -0.39 is 5.97 Å². The molecule has 3 heteroatoms. The van der Waals surface area contributed by atoms with E-state index in [1.54, 1.807) is 0 Å². The van der Waals surface area contributed by atoms with E-state index in [0.29, 0.717) is 5.41 Å². The van der Waals surface area contributed by atoms with Gasteiger partial charge in [-0.05, 0) is 24.2 Å². The average molecular weight is 243 g/mol. The minimum atomic E-state index is -0.694. The van der Waals surface area contributed by atoms with Crippen LogP contribution in [0.25, 0.3) is 0 Å². The highest BCUT2D eigenvalue weighted by molar-refractivity contribution is 5.69. The largest absolute Gasteiger partial charge is 0.480 e. The fourth-order valence-electron chi connectivity index (χ4n) is 2.99. The number of aliphatic carboxylic acids is 1. The Labute approximate surface area is 106 Å². The van der Waals surface area contributed by atoms with Gasteiger partial charge in [0.2, 0.25) is 0 Å². The summed E-state index contributed by atoms with van der Waals surface area (Å²) in [6, 6.07) is 0. The Morgan fingerprint density at radius 1 is 1.29 bits per heavy atom. The molecule has 1 N–H and O–H groups in total. The van der Waals surface area contributed by atoms with Gasteiger partial charge in [-0.15, -0.1) is 0 Å². The second-order valence-corrected chi connectivity index (χ2v) is 4.89. The molecule has 0 bridgehead atoms. The first kappa shape index (κ1) is 16.4. The Bertz CT molecular complexity index is 222. The molecular weight excluding hydrogens is 214 g/mol. The number of carboxylic acids is 1. The molecule has 1 aliphatic heterocycles. The smallest absolute Gasteiger partial charge is 0.317 e. The number of hydrogen-bond acceptors (Lipinski definition) is 2. The fraction of sp³-hybridized carbons (Fsp3) is 0.929. The maximum Gasteiger partial charge on any atom is 0.317 e. The van der Waals surface area contributed by atoms with Crippen molar-refractivity contribution >= 4 is 5.97 Å². The van der Waals surface area contributed by atoms with Crippen molar-refractivity contribution in [3.8, 4) is 0 Å². The number of carbonyl (C=O) groups is 1. The molecular formula is C14H29NO2. The minimum absolute atomic E-state index is 0.232. The van der Waals surface area contributed by atoms with Crippen LogP contribution in [-0.2, 0) is 4.79 Å². The van der Waals surface area contributed by atoms with Crippen LogP contribution in [0.2, 0.25) is 0 Å². The van der Waals surface area contributed by atoms with Gasteiger partial charge >= 0.3 is 5.97 Å². The lowest BCUT2D eigenvalue weighted by Crippen LogP contribution is -2.56. The van der Waals surface area contributed by atoms with Crippen LogP contribution in [0.3, 0.4) is 0 Å². The van der Waals surface area contributed by atoms with Crippen LogP contribution in [-0.4, -0.2) is 35.6 Å². The van der Waals surface area contributed by atoms with Gasteiger partial charge in [-0.3, -0.25) is 9.69 Å². The van der Waals surface area contributed by atoms with Crippen molar-refractivity contribution < 1.29 is 9.90 Å². The molecule has 2 aliphatic rings. The van der Waals surface area contributed by atoms with Gasteiger partial charge in [0.1, 0.15) is 0 Å². The molecule has 0 aromatic heterocycles. The number of hydrogen-bond donors (Lipinski definition) is 1. The third kappa shape index (κ3) is 4.66. The molecule has 1 aliphatic carbocycles. The normalized spacial score (nSPS) is 25.1. The van der Waals surface area contributed by atoms with Gasteiger partial charge in [0.25, 0.3) is 0 Å². The molecule has 102 valence electrons. The molecule has 1 spiro atoms. The summed E-state index contributed by atoms with van der Waals surface area (Å²) in [7, 11) is 0. The first-order valence-electron chi connectivity index (χ1n) is 7.04. The summed E-state index contributed by atoms with van der Waals surface area (Å²) in [6.45, 7) is 12.6. The Hall–Kier alpha value is -0.570. The van der Waals surface area contributed by atoms with Crippen LogP contribution in [0.15, 0.2) is 0 Å². The molecule has 0 amide bonds. The second-order valence-electron chi connectivity index (χ2n) is 4.89. The molecule has 0 radical (unpaired) electrons. The zero-order valence-electron chi connectivity index (χ0n) is 12.1. The predicted molar refractivity (Wildman–Crippen MR) is 72.2 cm³/mol. The first-order chi connectivity index (χ1) is 8.10. The first-order valence-corrected chi connectivity index (χ1v) is 7.04. The molecule has 17 heavy (non-hydrogen) atoms. The third-order valence-electron chi connectivity index (χ3n) is 3.43. The minimum Gasteiger partial charge on any atom is -0.480 e. The predicted octanol–water partition coefficient (Wildman–Crippen LogP) is 3.25. The van der Waals surface area contributed by atoms with Gasteiger partial charge in [0, 0.05) is 13.1 Å². The molecule has 1 heterocycles. The van der Waals surface area contributed by atoms with E-state index in [4.69, 9.17) is 5.11 Å². The molecule has 1 atom stereocenters. The number of nitrogens with zero attached hydrogens (tertiary/aromatic N) is 1. The van der Waals surface area contributed by atoms with Crippen LogP contribution in [0.5, 0.6) is 0 Å². The number of rotatable bonds is 2. The Morgan fingerprint density at radius 2 is 1.82 bits per heavy atom. The highest BCUT2D eigenvalue weighted by atomic mass is 16.4. The van der Waals surface area contributed by atoms with E-state index in [1.807, 2.05) is 32.6 Å². The fourth-order valence-corrected chi connectivity index (χ4v) is 2.99. The van der Waals surface area contributed by atoms with E-state index in [0.717, 1.165) is 19.0 Å². The van der Waals surface area contributed by atoms with E-state index in [1.165, 1.54) is 19.3 Å². The average Bonchev–Trinajstić information content (AvgIpc) is 2.65. The number of carboxylic acid groups (broad SMARTS) is 1. The van der Waals surface area contributed by atoms with Crippen molar-refractivity contribution in [2.24, 2.45) is 11.3 Å². The van der Waals surface area contributed by atoms with Gasteiger partial charge in [0.05, 0.1) is 6.54 Å². The van der Waals surface area contributed by atoms with Crippen molar-refractivity contribution in [1.29, 1.82) is 0 Å². The molecule has 0 aromatic rings. The molecule has 2 rings (SSSR count). The SMILES string of the molecule is CC.CC.CC1CCC2(C1)CN(CC(=O)O)C2. The topological polar surface area (TPSA) is 40.5 Å². The van der Waals surface area contributed by atoms with Crippen LogP contribution in [0.4, 0.5) is 0 Å². The summed E-state index contributed by atoms with van der Waals surface area (Å²) in [4.78, 5) is 12.5. The quantitative estimate of drug-likeness (QED) is 0.809. The standard InChI is InChI=1S/C10H17NO2.2C2H6/c1-8-2-3-10(4-8)6-11(7-10)5-9(12)13;2*1-2/h8H,2-7H2,1H3,(H,12,13);2*1-2H3. The Morgan fingerprint density at radius 3 is 2.18 bits per heavy atom. The molecule has 2 fully saturated rings. The highest BCUT2D eigenvalue weighted by Gasteiger charge is 2.46. The molecule has 1 saturated heterocycles. The highest BCUT2D eigenvalue weighted by Crippen LogP contribution is 2.47. The lowest BCUT2D eigenvalue weighted by atomic mass is 9.77. The van der Waals surface area contributed by atoms with Crippen LogP contribution in [0, 0.1) is 11.3 Å². The Balaban J connectivity index is 0.000000581. The third-order valence-corrected chi connectivity index (χ3v) is 3.43. The summed E-state index contributed by atoms with van der Waals surface area (Å²) >= 11 is 0. The van der Waals surface area contributed by atoms with Crippen molar-refractivity contribution in [3.63, 3.8) is 0 Å². The second kappa shape index (κ2) is 7.70. The van der Waals surface area contributed by atoms with Crippen molar-refractivity contribution in [2.45, 2.75) is 53.9 Å². The summed E-state index contributed by atoms with van der Waals surface area (Å²) in [6.07, 6.45) is 3.95. The lowest BCUT2D eigenvalue weighted by Gasteiger charge is -2.47. The van der Waals surface area contributed by atoms with Gasteiger partial charge in [-0.1, -0.05) is 41.0 Å². The van der Waals surface area contributed by atoms with Crippen molar-refractivity contribution in [3.05, 3.63) is 0 Å². The van der Waals surface area contributed by atoms with Gasteiger partial charge in [-0.25, -0.2) is 0 Å². The van der Waals surface area contributed by atoms with Crippen LogP contribution < -0.4 is 0 Å². The number of likely N-dealkylation sites (tertiary alicyclic amines) is 1. The van der Waals surface area contributed by atoms with Crippen LogP contribution in [0.1, 0.15) is 53.9 Å². The maximum absolute atomic E-state index is 10.4. The van der Waals surface area contributed by atoms with E-state index in [2.05, 4.69) is 6.92 Å². The molecule has 0 aromatic carbocycles. The van der Waals surface area contributed by atoms with Gasteiger partial charge in [-0.2, -0.15) is 0 Å². The summed E-state index contributed by atoms with van der Waals surface area (Å²) < 4.78 is 0. The van der Waals surface area contributed by atoms with Crippen molar-refractivity contribution in [1.82, 2.24) is 4.90 Å². The van der Waals surface area contributed by atoms with Crippen LogP contribution >= 0.6 is 0 Å². The zero-order valence-corrected chi connectivity index (χ0v) is 12.1. The summed E-state index contributed by atoms with van der Waals surface area (Å²) in [5, 5.41) is 8.59. The van der Waals surface area contributed by atoms with E-state index >= 15 is 0 Å². The molecule has 3 nitrogen and oxygen atoms in total. The van der Waals surface area contributed by atoms with E-state index in [-0.39, 0.29) is 6.54 Å². The van der Waals surface area contributed by atoms with Crippen molar-refractivity contribution in [2.75, 3.05) is 19.6 Å². The lowest BCUT2D eigenvalue weighted by molar-refractivity contribution is -0.141. The summed E-state index contributed by atoms with van der Waals surface area (Å²) in [5.41, 5.74) is 0.509. The summed E-state index contributed by atoms with van der Waals surface area (Å²) in [5.74, 6) is 0.160. The monoisotopic (exact) mass is 243 g/mol. The Kier molecular flexibility index (Phi) is 7.44. The molecule has 1 unspecified atom stereocenters. The van der Waals surface area contributed by atoms with E-state index in [9.17, 15) is 4.79 Å². The molecule has 1 saturated carbocycles. The maximum atomic E-state index is 10.4.